The smallest absolute Gasteiger partial charge is 0.0171 e. The summed E-state index contributed by atoms with van der Waals surface area (Å²) in [7, 11) is 0. The minimum absolute atomic E-state index is 0.936. The molecule has 0 atom stereocenters. The van der Waals surface area contributed by atoms with Gasteiger partial charge in [-0.3, -0.25) is 4.90 Å². The fraction of sp³-hybridized carbons (Fsp3) is 0.818. The Kier molecular flexibility index (Phi) is 2.22. The van der Waals surface area contributed by atoms with E-state index in [1.165, 1.54) is 37.8 Å². The molecule has 0 aromatic heterocycles. The zero-order chi connectivity index (χ0) is 8.55. The van der Waals surface area contributed by atoms with Crippen molar-refractivity contribution in [2.24, 2.45) is 0 Å². The fourth-order valence-electron chi connectivity index (χ4n) is 2.61. The molecular formula is C11H19N. The van der Waals surface area contributed by atoms with Crippen LogP contribution in [-0.4, -0.2) is 23.5 Å². The first-order valence-corrected chi connectivity index (χ1v) is 5.16. The van der Waals surface area contributed by atoms with E-state index in [1.54, 1.807) is 0 Å². The predicted molar refractivity (Wildman–Crippen MR) is 52.2 cm³/mol. The van der Waals surface area contributed by atoms with Gasteiger partial charge < -0.3 is 0 Å². The fourth-order valence-corrected chi connectivity index (χ4v) is 2.61. The van der Waals surface area contributed by atoms with Crippen molar-refractivity contribution < 1.29 is 0 Å². The second-order valence-corrected chi connectivity index (χ2v) is 4.44. The molecule has 2 fully saturated rings. The molecule has 0 N–H and O–H groups in total. The van der Waals surface area contributed by atoms with Gasteiger partial charge in [0.25, 0.3) is 0 Å². The molecule has 2 saturated heterocycles. The Bertz CT molecular complexity index is 171. The standard InChI is InChI=1S/C11H19N/c1-9(2)7-8-12-10-3-4-11(12)6-5-10/h7,10-11H,3-6,8H2,1-2H3. The Morgan fingerprint density at radius 1 is 1.17 bits per heavy atom. The average molecular weight is 165 g/mol. The van der Waals surface area contributed by atoms with E-state index in [0.717, 1.165) is 12.1 Å². The highest BCUT2D eigenvalue weighted by atomic mass is 15.2. The number of nitrogens with zero attached hydrogens (tertiary/aromatic N) is 1. The summed E-state index contributed by atoms with van der Waals surface area (Å²) >= 11 is 0. The molecule has 68 valence electrons. The first kappa shape index (κ1) is 8.31. The van der Waals surface area contributed by atoms with Crippen molar-refractivity contribution in [2.45, 2.75) is 51.6 Å². The number of fused-ring (bicyclic) bond motifs is 2. The first-order valence-electron chi connectivity index (χ1n) is 5.16. The summed E-state index contributed by atoms with van der Waals surface area (Å²) in [6.07, 6.45) is 8.21. The molecule has 2 rings (SSSR count). The van der Waals surface area contributed by atoms with Gasteiger partial charge >= 0.3 is 0 Å². The second-order valence-electron chi connectivity index (χ2n) is 4.44. The van der Waals surface area contributed by atoms with Gasteiger partial charge in [-0.2, -0.15) is 0 Å². The normalized spacial score (nSPS) is 34.2. The predicted octanol–water partition coefficient (Wildman–Crippen LogP) is 2.58. The highest BCUT2D eigenvalue weighted by Gasteiger charge is 2.38. The molecule has 0 amide bonds. The maximum absolute atomic E-state index is 2.70. The van der Waals surface area contributed by atoms with Crippen LogP contribution in [0.1, 0.15) is 39.5 Å². The van der Waals surface area contributed by atoms with Crippen molar-refractivity contribution in [3.05, 3.63) is 11.6 Å². The van der Waals surface area contributed by atoms with Crippen LogP contribution in [0, 0.1) is 0 Å². The van der Waals surface area contributed by atoms with Crippen molar-refractivity contribution in [2.75, 3.05) is 6.54 Å². The Labute approximate surface area is 75.4 Å². The zero-order valence-electron chi connectivity index (χ0n) is 8.21. The van der Waals surface area contributed by atoms with E-state index in [2.05, 4.69) is 24.8 Å². The van der Waals surface area contributed by atoms with Gasteiger partial charge in [0.15, 0.2) is 0 Å². The van der Waals surface area contributed by atoms with Crippen LogP contribution in [-0.2, 0) is 0 Å². The third kappa shape index (κ3) is 1.42. The topological polar surface area (TPSA) is 3.24 Å². The third-order valence-corrected chi connectivity index (χ3v) is 3.31. The molecule has 2 bridgehead atoms. The van der Waals surface area contributed by atoms with E-state index in [1.807, 2.05) is 0 Å². The van der Waals surface area contributed by atoms with Crippen molar-refractivity contribution in [1.82, 2.24) is 4.90 Å². The van der Waals surface area contributed by atoms with E-state index < -0.39 is 0 Å². The second kappa shape index (κ2) is 3.21. The quantitative estimate of drug-likeness (QED) is 0.568. The molecule has 1 nitrogen and oxygen atoms in total. The lowest BCUT2D eigenvalue weighted by atomic mass is 10.0. The van der Waals surface area contributed by atoms with E-state index in [9.17, 15) is 0 Å². The van der Waals surface area contributed by atoms with Crippen LogP contribution >= 0.6 is 0 Å². The van der Waals surface area contributed by atoms with Crippen LogP contribution in [0.25, 0.3) is 0 Å². The Balaban J connectivity index is 1.93. The maximum Gasteiger partial charge on any atom is 0.0171 e. The molecule has 0 aromatic rings. The van der Waals surface area contributed by atoms with Crippen LogP contribution in [0.3, 0.4) is 0 Å². The largest absolute Gasteiger partial charge is 0.294 e. The van der Waals surface area contributed by atoms with Crippen molar-refractivity contribution >= 4 is 0 Å². The lowest BCUT2D eigenvalue weighted by molar-refractivity contribution is 0.281. The van der Waals surface area contributed by atoms with Gasteiger partial charge in [0.1, 0.15) is 0 Å². The van der Waals surface area contributed by atoms with Crippen molar-refractivity contribution in [3.63, 3.8) is 0 Å². The molecule has 0 unspecified atom stereocenters. The highest BCUT2D eigenvalue weighted by molar-refractivity contribution is 5.01. The molecule has 12 heavy (non-hydrogen) atoms. The van der Waals surface area contributed by atoms with Gasteiger partial charge in [0.05, 0.1) is 0 Å². The van der Waals surface area contributed by atoms with Crippen LogP contribution in [0.4, 0.5) is 0 Å². The van der Waals surface area contributed by atoms with E-state index in [4.69, 9.17) is 0 Å². The van der Waals surface area contributed by atoms with E-state index >= 15 is 0 Å². The van der Waals surface area contributed by atoms with Gasteiger partial charge in [0, 0.05) is 18.6 Å². The number of hydrogen-bond acceptors (Lipinski definition) is 1. The molecule has 0 aromatic carbocycles. The van der Waals surface area contributed by atoms with Crippen LogP contribution in [0.15, 0.2) is 11.6 Å². The molecule has 2 heterocycles. The number of rotatable bonds is 2. The van der Waals surface area contributed by atoms with Gasteiger partial charge in [-0.1, -0.05) is 11.6 Å². The molecule has 2 aliphatic rings. The minimum atomic E-state index is 0.936. The molecule has 0 aliphatic carbocycles. The summed E-state index contributed by atoms with van der Waals surface area (Å²) in [5, 5.41) is 0. The molecule has 1 heteroatoms. The summed E-state index contributed by atoms with van der Waals surface area (Å²) in [6, 6.07) is 1.87. The zero-order valence-corrected chi connectivity index (χ0v) is 8.21. The Hall–Kier alpha value is -0.300. The summed E-state index contributed by atoms with van der Waals surface area (Å²) in [6.45, 7) is 5.59. The third-order valence-electron chi connectivity index (χ3n) is 3.31. The summed E-state index contributed by atoms with van der Waals surface area (Å²) in [5.41, 5.74) is 1.46. The van der Waals surface area contributed by atoms with Gasteiger partial charge in [-0.05, 0) is 39.5 Å². The molecular weight excluding hydrogens is 146 g/mol. The van der Waals surface area contributed by atoms with Crippen molar-refractivity contribution in [3.8, 4) is 0 Å². The Morgan fingerprint density at radius 2 is 1.67 bits per heavy atom. The summed E-state index contributed by atoms with van der Waals surface area (Å²) in [5.74, 6) is 0. The summed E-state index contributed by atoms with van der Waals surface area (Å²) < 4.78 is 0. The van der Waals surface area contributed by atoms with Gasteiger partial charge in [0.2, 0.25) is 0 Å². The number of allylic oxidation sites excluding steroid dienone is 1. The lowest BCUT2D eigenvalue weighted by Crippen LogP contribution is -2.28. The van der Waals surface area contributed by atoms with Crippen molar-refractivity contribution in [1.29, 1.82) is 0 Å². The van der Waals surface area contributed by atoms with Gasteiger partial charge in [-0.25, -0.2) is 0 Å². The van der Waals surface area contributed by atoms with E-state index in [0.29, 0.717) is 0 Å². The molecule has 0 saturated carbocycles. The highest BCUT2D eigenvalue weighted by Crippen LogP contribution is 2.36. The maximum atomic E-state index is 2.70. The summed E-state index contributed by atoms with van der Waals surface area (Å²) in [4.78, 5) is 2.70. The van der Waals surface area contributed by atoms with Crippen LogP contribution < -0.4 is 0 Å². The van der Waals surface area contributed by atoms with Crippen LogP contribution in [0.2, 0.25) is 0 Å². The molecule has 2 aliphatic heterocycles. The van der Waals surface area contributed by atoms with Gasteiger partial charge in [-0.15, -0.1) is 0 Å². The molecule has 0 radical (unpaired) electrons. The Morgan fingerprint density at radius 3 is 2.08 bits per heavy atom. The average Bonchev–Trinajstić information content (AvgIpc) is 2.59. The van der Waals surface area contributed by atoms with Crippen LogP contribution in [0.5, 0.6) is 0 Å². The monoisotopic (exact) mass is 165 g/mol. The SMILES string of the molecule is CC(C)=CCN1C2CCC1CC2. The van der Waals surface area contributed by atoms with E-state index in [-0.39, 0.29) is 0 Å². The number of hydrogen-bond donors (Lipinski definition) is 0. The molecule has 0 spiro atoms. The minimum Gasteiger partial charge on any atom is -0.294 e. The first-order chi connectivity index (χ1) is 5.77. The lowest BCUT2D eigenvalue weighted by Gasteiger charge is -2.19.